The fourth-order valence-electron chi connectivity index (χ4n) is 2.36. The zero-order chi connectivity index (χ0) is 18.8. The summed E-state index contributed by atoms with van der Waals surface area (Å²) < 4.78 is 11.3. The number of rotatable bonds is 9. The molecule has 1 aromatic carbocycles. The first-order chi connectivity index (χ1) is 12.6. The fraction of sp³-hybridized carbons (Fsp3) is 0.474. The first kappa shape index (κ1) is 20.0. The third-order valence-electron chi connectivity index (χ3n) is 3.59. The average molecular weight is 377 g/mol. The summed E-state index contributed by atoms with van der Waals surface area (Å²) in [6.45, 7) is 8.22. The normalized spacial score (nSPS) is 12.5. The molecule has 0 aliphatic carbocycles. The number of aliphatic imine (C=N–C) groups is 1. The predicted molar refractivity (Wildman–Crippen MR) is 108 cm³/mol. The van der Waals surface area contributed by atoms with Crippen molar-refractivity contribution in [3.63, 3.8) is 0 Å². The number of nitrogens with zero attached hydrogens (tertiary/aromatic N) is 2. The SMILES string of the molecule is CCNC(=NCC(C)Oc1ccccc1OC)NCCc1csc(C)n1. The van der Waals surface area contributed by atoms with E-state index in [1.165, 1.54) is 0 Å². The molecule has 26 heavy (non-hydrogen) atoms. The minimum absolute atomic E-state index is 0.0667. The van der Waals surface area contributed by atoms with Crippen molar-refractivity contribution in [2.75, 3.05) is 26.7 Å². The highest BCUT2D eigenvalue weighted by Gasteiger charge is 2.08. The number of nitrogens with one attached hydrogen (secondary N) is 2. The van der Waals surface area contributed by atoms with Crippen LogP contribution in [-0.2, 0) is 6.42 Å². The minimum Gasteiger partial charge on any atom is -0.493 e. The van der Waals surface area contributed by atoms with Gasteiger partial charge in [0.2, 0.25) is 0 Å². The molecule has 1 unspecified atom stereocenters. The van der Waals surface area contributed by atoms with Gasteiger partial charge in [0, 0.05) is 24.9 Å². The number of benzene rings is 1. The number of aromatic nitrogens is 1. The lowest BCUT2D eigenvalue weighted by Gasteiger charge is -2.16. The average Bonchev–Trinajstić information content (AvgIpc) is 3.05. The van der Waals surface area contributed by atoms with Crippen molar-refractivity contribution in [1.29, 1.82) is 0 Å². The molecule has 0 aliphatic rings. The van der Waals surface area contributed by atoms with Crippen LogP contribution in [-0.4, -0.2) is 43.8 Å². The van der Waals surface area contributed by atoms with Gasteiger partial charge >= 0.3 is 0 Å². The van der Waals surface area contributed by atoms with Crippen LogP contribution in [0.3, 0.4) is 0 Å². The lowest BCUT2D eigenvalue weighted by molar-refractivity contribution is 0.219. The Bertz CT molecular complexity index is 702. The number of hydrogen-bond acceptors (Lipinski definition) is 5. The van der Waals surface area contributed by atoms with Crippen molar-refractivity contribution in [3.8, 4) is 11.5 Å². The van der Waals surface area contributed by atoms with Gasteiger partial charge in [-0.25, -0.2) is 9.98 Å². The van der Waals surface area contributed by atoms with Gasteiger partial charge in [-0.3, -0.25) is 0 Å². The molecule has 0 spiro atoms. The highest BCUT2D eigenvalue weighted by Crippen LogP contribution is 2.26. The van der Waals surface area contributed by atoms with Crippen molar-refractivity contribution < 1.29 is 9.47 Å². The predicted octanol–water partition coefficient (Wildman–Crippen LogP) is 3.03. The molecule has 0 radical (unpaired) electrons. The Morgan fingerprint density at radius 3 is 2.69 bits per heavy atom. The van der Waals surface area contributed by atoms with Gasteiger partial charge < -0.3 is 20.1 Å². The molecule has 0 aliphatic heterocycles. The van der Waals surface area contributed by atoms with Crippen LogP contribution in [0.1, 0.15) is 24.5 Å². The van der Waals surface area contributed by atoms with Crippen molar-refractivity contribution in [1.82, 2.24) is 15.6 Å². The standard InChI is InChI=1S/C19H28N4O2S/c1-5-20-19(21-11-10-16-13-26-15(3)23-16)22-12-14(2)25-18-9-7-6-8-17(18)24-4/h6-9,13-14H,5,10-12H2,1-4H3,(H2,20,21,22). The Balaban J connectivity index is 1.84. The highest BCUT2D eigenvalue weighted by atomic mass is 32.1. The van der Waals surface area contributed by atoms with E-state index in [9.17, 15) is 0 Å². The maximum absolute atomic E-state index is 5.95. The molecule has 0 fully saturated rings. The summed E-state index contributed by atoms with van der Waals surface area (Å²) in [7, 11) is 1.64. The second-order valence-corrected chi connectivity index (χ2v) is 6.90. The minimum atomic E-state index is -0.0667. The zero-order valence-electron chi connectivity index (χ0n) is 15.9. The number of hydrogen-bond donors (Lipinski definition) is 2. The highest BCUT2D eigenvalue weighted by molar-refractivity contribution is 7.09. The van der Waals surface area contributed by atoms with E-state index in [0.717, 1.165) is 47.7 Å². The molecular formula is C19H28N4O2S. The maximum Gasteiger partial charge on any atom is 0.191 e. The zero-order valence-corrected chi connectivity index (χ0v) is 16.7. The van der Waals surface area contributed by atoms with Crippen LogP contribution in [0.15, 0.2) is 34.6 Å². The molecule has 6 nitrogen and oxygen atoms in total. The van der Waals surface area contributed by atoms with Gasteiger partial charge in [0.15, 0.2) is 17.5 Å². The van der Waals surface area contributed by atoms with Crippen LogP contribution in [0.25, 0.3) is 0 Å². The van der Waals surface area contributed by atoms with Crippen LogP contribution in [0.4, 0.5) is 0 Å². The molecule has 1 atom stereocenters. The summed E-state index contributed by atoms with van der Waals surface area (Å²) in [5, 5.41) is 9.80. The van der Waals surface area contributed by atoms with Gasteiger partial charge in [-0.15, -0.1) is 11.3 Å². The molecule has 142 valence electrons. The van der Waals surface area contributed by atoms with Crippen molar-refractivity contribution in [3.05, 3.63) is 40.3 Å². The Morgan fingerprint density at radius 2 is 2.04 bits per heavy atom. The molecule has 7 heteroatoms. The summed E-state index contributed by atoms with van der Waals surface area (Å²) >= 11 is 1.68. The monoisotopic (exact) mass is 376 g/mol. The van der Waals surface area contributed by atoms with Crippen molar-refractivity contribution >= 4 is 17.3 Å². The number of thiazole rings is 1. The summed E-state index contributed by atoms with van der Waals surface area (Å²) in [4.78, 5) is 9.09. The molecule has 0 saturated heterocycles. The van der Waals surface area contributed by atoms with Crippen LogP contribution < -0.4 is 20.1 Å². The Labute approximate surface area is 159 Å². The lowest BCUT2D eigenvalue weighted by Crippen LogP contribution is -2.39. The molecule has 0 saturated carbocycles. The number of methoxy groups -OCH3 is 1. The lowest BCUT2D eigenvalue weighted by atomic mass is 10.3. The summed E-state index contributed by atoms with van der Waals surface area (Å²) in [6, 6.07) is 7.64. The van der Waals surface area contributed by atoms with E-state index in [1.54, 1.807) is 18.4 Å². The van der Waals surface area contributed by atoms with E-state index in [2.05, 4.69) is 32.9 Å². The first-order valence-electron chi connectivity index (χ1n) is 8.85. The van der Waals surface area contributed by atoms with Crippen molar-refractivity contribution in [2.45, 2.75) is 33.3 Å². The molecule has 1 aromatic heterocycles. The van der Waals surface area contributed by atoms with Gasteiger partial charge in [-0.2, -0.15) is 0 Å². The number of aryl methyl sites for hydroxylation is 1. The summed E-state index contributed by atoms with van der Waals surface area (Å²) in [5.41, 5.74) is 1.11. The molecule has 0 amide bonds. The Kier molecular flexibility index (Phi) is 8.21. The Hall–Kier alpha value is -2.28. The van der Waals surface area contributed by atoms with E-state index in [-0.39, 0.29) is 6.10 Å². The summed E-state index contributed by atoms with van der Waals surface area (Å²) in [6.07, 6.45) is 0.810. The van der Waals surface area contributed by atoms with Crippen LogP contribution in [0.2, 0.25) is 0 Å². The van der Waals surface area contributed by atoms with Crippen LogP contribution >= 0.6 is 11.3 Å². The third-order valence-corrected chi connectivity index (χ3v) is 4.41. The molecule has 2 rings (SSSR count). The quantitative estimate of drug-likeness (QED) is 0.520. The van der Waals surface area contributed by atoms with E-state index in [1.807, 2.05) is 38.1 Å². The van der Waals surface area contributed by atoms with Gasteiger partial charge in [0.05, 0.1) is 24.4 Å². The van der Waals surface area contributed by atoms with Gasteiger partial charge in [0.25, 0.3) is 0 Å². The van der Waals surface area contributed by atoms with E-state index >= 15 is 0 Å². The fourth-order valence-corrected chi connectivity index (χ4v) is 3.01. The van der Waals surface area contributed by atoms with Crippen LogP contribution in [0.5, 0.6) is 11.5 Å². The third kappa shape index (κ3) is 6.55. The van der Waals surface area contributed by atoms with Gasteiger partial charge in [-0.05, 0) is 32.9 Å². The van der Waals surface area contributed by atoms with Gasteiger partial charge in [-0.1, -0.05) is 12.1 Å². The Morgan fingerprint density at radius 1 is 1.27 bits per heavy atom. The summed E-state index contributed by atoms with van der Waals surface area (Å²) in [5.74, 6) is 2.25. The molecule has 2 aromatic rings. The molecule has 2 N–H and O–H groups in total. The van der Waals surface area contributed by atoms with Crippen molar-refractivity contribution in [2.24, 2.45) is 4.99 Å². The molecular weight excluding hydrogens is 348 g/mol. The second-order valence-electron chi connectivity index (χ2n) is 5.83. The maximum atomic E-state index is 5.95. The van der Waals surface area contributed by atoms with E-state index < -0.39 is 0 Å². The molecule has 1 heterocycles. The van der Waals surface area contributed by atoms with Crippen LogP contribution in [0, 0.1) is 6.92 Å². The number of guanidine groups is 1. The molecule has 0 bridgehead atoms. The largest absolute Gasteiger partial charge is 0.493 e. The number of ether oxygens (including phenoxy) is 2. The smallest absolute Gasteiger partial charge is 0.191 e. The topological polar surface area (TPSA) is 67.8 Å². The van der Waals surface area contributed by atoms with E-state index in [4.69, 9.17) is 9.47 Å². The van der Waals surface area contributed by atoms with Gasteiger partial charge in [0.1, 0.15) is 6.10 Å². The van der Waals surface area contributed by atoms with E-state index in [0.29, 0.717) is 6.54 Å². The second kappa shape index (κ2) is 10.7. The number of para-hydroxylation sites is 2. The first-order valence-corrected chi connectivity index (χ1v) is 9.73.